The first-order valence-corrected chi connectivity index (χ1v) is 10.6. The van der Waals surface area contributed by atoms with Crippen molar-refractivity contribution in [1.82, 2.24) is 10.2 Å². The molecule has 4 aromatic rings. The van der Waals surface area contributed by atoms with Gasteiger partial charge in [0.2, 0.25) is 10.0 Å². The van der Waals surface area contributed by atoms with Gasteiger partial charge in [0, 0.05) is 22.9 Å². The average Bonchev–Trinajstić information content (AvgIpc) is 2.72. The van der Waals surface area contributed by atoms with E-state index in [1.807, 2.05) is 60.7 Å². The van der Waals surface area contributed by atoms with Gasteiger partial charge < -0.3 is 5.32 Å². The lowest BCUT2D eigenvalue weighted by molar-refractivity contribution is 0.597. The average molecular weight is 404 g/mol. The lowest BCUT2D eigenvalue weighted by Gasteiger charge is -2.12. The first-order chi connectivity index (χ1) is 13.9. The third-order valence-electron chi connectivity index (χ3n) is 4.76. The van der Waals surface area contributed by atoms with E-state index in [4.69, 9.17) is 5.14 Å². The summed E-state index contributed by atoms with van der Waals surface area (Å²) in [5, 5.41) is 19.3. The van der Waals surface area contributed by atoms with E-state index >= 15 is 0 Å². The number of anilines is 1. The zero-order valence-corrected chi connectivity index (χ0v) is 16.6. The maximum absolute atomic E-state index is 11.9. The molecule has 0 spiro atoms. The van der Waals surface area contributed by atoms with Crippen LogP contribution in [0.15, 0.2) is 77.7 Å². The first-order valence-electron chi connectivity index (χ1n) is 9.10. The fourth-order valence-corrected chi connectivity index (χ4v) is 4.09. The zero-order chi connectivity index (χ0) is 20.4. The monoisotopic (exact) mass is 404 g/mol. The van der Waals surface area contributed by atoms with Crippen molar-refractivity contribution in [2.75, 3.05) is 5.32 Å². The normalized spacial score (nSPS) is 11.5. The summed E-state index contributed by atoms with van der Waals surface area (Å²) in [4.78, 5) is 0.0900. The molecule has 0 radical (unpaired) electrons. The molecular weight excluding hydrogens is 384 g/mol. The van der Waals surface area contributed by atoms with E-state index in [-0.39, 0.29) is 4.90 Å². The number of nitrogens with zero attached hydrogens (tertiary/aromatic N) is 2. The van der Waals surface area contributed by atoms with Gasteiger partial charge in [-0.3, -0.25) is 0 Å². The molecule has 0 saturated heterocycles. The van der Waals surface area contributed by atoms with Gasteiger partial charge in [0.15, 0.2) is 5.82 Å². The van der Waals surface area contributed by atoms with Gasteiger partial charge in [0.25, 0.3) is 0 Å². The Kier molecular flexibility index (Phi) is 5.00. The zero-order valence-electron chi connectivity index (χ0n) is 15.8. The Hall–Kier alpha value is -3.29. The molecule has 0 saturated carbocycles. The molecule has 0 atom stereocenters. The number of sulfonamides is 1. The highest BCUT2D eigenvalue weighted by Crippen LogP contribution is 2.31. The van der Waals surface area contributed by atoms with E-state index in [1.165, 1.54) is 0 Å². The molecule has 0 bridgehead atoms. The van der Waals surface area contributed by atoms with Gasteiger partial charge in [0.1, 0.15) is 5.69 Å². The molecule has 29 heavy (non-hydrogen) atoms. The number of hydrogen-bond acceptors (Lipinski definition) is 5. The number of primary sulfonamides is 1. The van der Waals surface area contributed by atoms with E-state index in [0.29, 0.717) is 29.2 Å². The number of fused-ring (bicyclic) bond motifs is 1. The Morgan fingerprint density at radius 1 is 0.897 bits per heavy atom. The minimum absolute atomic E-state index is 0.0900. The molecule has 0 aliphatic heterocycles. The van der Waals surface area contributed by atoms with Crippen molar-refractivity contribution >= 4 is 26.6 Å². The molecule has 0 aliphatic rings. The lowest BCUT2D eigenvalue weighted by atomic mass is 10.0. The van der Waals surface area contributed by atoms with Crippen molar-refractivity contribution in [2.24, 2.45) is 5.14 Å². The summed E-state index contributed by atoms with van der Waals surface area (Å²) in [5.41, 5.74) is 2.99. The summed E-state index contributed by atoms with van der Waals surface area (Å²) >= 11 is 0. The lowest BCUT2D eigenvalue weighted by Crippen LogP contribution is -2.13. The topological polar surface area (TPSA) is 98.0 Å². The second-order valence-corrected chi connectivity index (χ2v) is 8.34. The molecule has 4 rings (SSSR count). The smallest absolute Gasteiger partial charge is 0.238 e. The second kappa shape index (κ2) is 7.62. The predicted molar refractivity (Wildman–Crippen MR) is 115 cm³/mol. The van der Waals surface area contributed by atoms with Crippen LogP contribution in [0.5, 0.6) is 0 Å². The van der Waals surface area contributed by atoms with Crippen LogP contribution < -0.4 is 10.5 Å². The molecule has 0 unspecified atom stereocenters. The van der Waals surface area contributed by atoms with E-state index in [2.05, 4.69) is 15.5 Å². The number of aromatic nitrogens is 2. The molecular formula is C22H20N4O2S. The molecule has 1 heterocycles. The van der Waals surface area contributed by atoms with Crippen molar-refractivity contribution in [1.29, 1.82) is 0 Å². The van der Waals surface area contributed by atoms with E-state index in [9.17, 15) is 8.42 Å². The molecule has 6 nitrogen and oxygen atoms in total. The Morgan fingerprint density at radius 3 is 2.31 bits per heavy atom. The van der Waals surface area contributed by atoms with Gasteiger partial charge in [-0.25, -0.2) is 13.6 Å². The quantitative estimate of drug-likeness (QED) is 0.526. The highest BCUT2D eigenvalue weighted by atomic mass is 32.2. The fraction of sp³-hybridized carbons (Fsp3) is 0.0909. The third-order valence-corrected chi connectivity index (χ3v) is 5.81. The van der Waals surface area contributed by atoms with Gasteiger partial charge in [-0.1, -0.05) is 66.7 Å². The van der Waals surface area contributed by atoms with Crippen molar-refractivity contribution in [3.8, 4) is 11.3 Å². The summed E-state index contributed by atoms with van der Waals surface area (Å²) in [6.07, 6.45) is 0. The molecule has 3 aromatic carbocycles. The second-order valence-electron chi connectivity index (χ2n) is 6.81. The number of nitrogens with two attached hydrogens (primary N) is 1. The van der Waals surface area contributed by atoms with Crippen LogP contribution in [0.2, 0.25) is 0 Å². The summed E-state index contributed by atoms with van der Waals surface area (Å²) < 4.78 is 23.8. The summed E-state index contributed by atoms with van der Waals surface area (Å²) in [7, 11) is -3.83. The van der Waals surface area contributed by atoms with Crippen LogP contribution in [0.4, 0.5) is 5.82 Å². The molecule has 0 aliphatic carbocycles. The maximum Gasteiger partial charge on any atom is 0.238 e. The van der Waals surface area contributed by atoms with Gasteiger partial charge in [-0.05, 0) is 24.1 Å². The van der Waals surface area contributed by atoms with Crippen LogP contribution in [-0.4, -0.2) is 18.6 Å². The SMILES string of the molecule is Cc1ccc(-c2nnc(NCc3ccccc3)c3ccccc23)cc1S(N)(=O)=O. The van der Waals surface area contributed by atoms with Gasteiger partial charge in [0.05, 0.1) is 4.90 Å². The van der Waals surface area contributed by atoms with Gasteiger partial charge in [-0.15, -0.1) is 10.2 Å². The standard InChI is InChI=1S/C22H20N4O2S/c1-15-11-12-17(13-20(15)29(23,27)28)21-18-9-5-6-10-19(18)22(26-25-21)24-14-16-7-3-2-4-8-16/h2-13H,14H2,1H3,(H,24,26)(H2,23,27,28). The van der Waals surface area contributed by atoms with Crippen LogP contribution in [0.25, 0.3) is 22.0 Å². The van der Waals surface area contributed by atoms with Crippen molar-refractivity contribution in [3.05, 3.63) is 83.9 Å². The molecule has 3 N–H and O–H groups in total. The number of benzene rings is 3. The largest absolute Gasteiger partial charge is 0.364 e. The third kappa shape index (κ3) is 3.96. The Labute approximate surface area is 169 Å². The van der Waals surface area contributed by atoms with Crippen LogP contribution in [-0.2, 0) is 16.6 Å². The summed E-state index contributed by atoms with van der Waals surface area (Å²) in [6.45, 7) is 2.34. The highest BCUT2D eigenvalue weighted by Gasteiger charge is 2.16. The van der Waals surface area contributed by atoms with Gasteiger partial charge in [-0.2, -0.15) is 0 Å². The predicted octanol–water partition coefficient (Wildman–Crippen LogP) is 3.86. The van der Waals surface area contributed by atoms with Crippen molar-refractivity contribution < 1.29 is 8.42 Å². The number of aryl methyl sites for hydroxylation is 1. The van der Waals surface area contributed by atoms with Crippen molar-refractivity contribution in [2.45, 2.75) is 18.4 Å². The fourth-order valence-electron chi connectivity index (χ4n) is 3.28. The molecule has 0 fully saturated rings. The highest BCUT2D eigenvalue weighted by molar-refractivity contribution is 7.89. The van der Waals surface area contributed by atoms with Crippen LogP contribution in [0, 0.1) is 6.92 Å². The van der Waals surface area contributed by atoms with Crippen LogP contribution in [0.3, 0.4) is 0 Å². The Morgan fingerprint density at radius 2 is 1.59 bits per heavy atom. The van der Waals surface area contributed by atoms with E-state index in [0.717, 1.165) is 16.3 Å². The molecule has 146 valence electrons. The van der Waals surface area contributed by atoms with E-state index in [1.54, 1.807) is 19.1 Å². The first kappa shape index (κ1) is 19.0. The minimum Gasteiger partial charge on any atom is -0.364 e. The minimum atomic E-state index is -3.83. The Balaban J connectivity index is 1.78. The Bertz CT molecular complexity index is 1290. The van der Waals surface area contributed by atoms with Gasteiger partial charge >= 0.3 is 0 Å². The van der Waals surface area contributed by atoms with Crippen LogP contribution in [0.1, 0.15) is 11.1 Å². The number of nitrogens with one attached hydrogen (secondary N) is 1. The molecule has 7 heteroatoms. The van der Waals surface area contributed by atoms with Crippen LogP contribution >= 0.6 is 0 Å². The number of hydrogen-bond donors (Lipinski definition) is 2. The molecule has 0 amide bonds. The van der Waals surface area contributed by atoms with E-state index < -0.39 is 10.0 Å². The summed E-state index contributed by atoms with van der Waals surface area (Å²) in [6, 6.07) is 22.9. The van der Waals surface area contributed by atoms with Crippen molar-refractivity contribution in [3.63, 3.8) is 0 Å². The molecule has 1 aromatic heterocycles. The number of rotatable bonds is 5. The maximum atomic E-state index is 11.9. The summed E-state index contributed by atoms with van der Waals surface area (Å²) in [5.74, 6) is 0.673.